The minimum atomic E-state index is -0.278. The predicted octanol–water partition coefficient (Wildman–Crippen LogP) is 4.50. The molecule has 0 atom stereocenters. The van der Waals surface area contributed by atoms with E-state index in [4.69, 9.17) is 21.1 Å². The Bertz CT molecular complexity index is 881. The van der Waals surface area contributed by atoms with Crippen LogP contribution < -0.4 is 14.8 Å². The average Bonchev–Trinajstić information content (AvgIpc) is 2.89. The summed E-state index contributed by atoms with van der Waals surface area (Å²) >= 11 is 9.64. The van der Waals surface area contributed by atoms with E-state index in [1.54, 1.807) is 38.5 Å². The van der Waals surface area contributed by atoms with E-state index in [2.05, 4.69) is 26.2 Å². The Hall–Kier alpha value is -2.05. The highest BCUT2D eigenvalue weighted by Crippen LogP contribution is 2.39. The summed E-state index contributed by atoms with van der Waals surface area (Å²) in [5.74, 6) is 0.894. The molecule has 124 valence electrons. The lowest BCUT2D eigenvalue weighted by atomic mass is 10.1. The molecule has 0 saturated carbocycles. The molecular formula is C17H14BrClN2O3. The molecule has 1 amide bonds. The van der Waals surface area contributed by atoms with Crippen molar-refractivity contribution in [1.29, 1.82) is 0 Å². The van der Waals surface area contributed by atoms with Crippen LogP contribution >= 0.6 is 27.5 Å². The number of benzene rings is 2. The van der Waals surface area contributed by atoms with E-state index in [-0.39, 0.29) is 5.91 Å². The van der Waals surface area contributed by atoms with E-state index < -0.39 is 0 Å². The molecule has 1 aliphatic heterocycles. The number of halogens is 2. The summed E-state index contributed by atoms with van der Waals surface area (Å²) in [5.41, 5.74) is 3.03. The first-order valence-corrected chi connectivity index (χ1v) is 8.24. The number of methoxy groups -OCH3 is 2. The van der Waals surface area contributed by atoms with E-state index in [0.717, 1.165) is 5.56 Å². The number of rotatable bonds is 3. The SMILES string of the molecule is COc1ccc(N=C2C(=O)Nc3c2cc(Br)c(Cl)c3C)c(OC)c1. The Morgan fingerprint density at radius 2 is 1.96 bits per heavy atom. The minimum absolute atomic E-state index is 0.278. The number of carbonyl (C=O) groups excluding carboxylic acids is 1. The summed E-state index contributed by atoms with van der Waals surface area (Å²) in [7, 11) is 3.12. The number of nitrogens with one attached hydrogen (secondary N) is 1. The molecule has 0 unspecified atom stereocenters. The lowest BCUT2D eigenvalue weighted by Crippen LogP contribution is -2.14. The molecule has 1 aliphatic rings. The van der Waals surface area contributed by atoms with Gasteiger partial charge in [-0.25, -0.2) is 4.99 Å². The van der Waals surface area contributed by atoms with Crippen molar-refractivity contribution in [2.24, 2.45) is 4.99 Å². The van der Waals surface area contributed by atoms with Gasteiger partial charge in [0.15, 0.2) is 0 Å². The number of aliphatic imine (C=N–C) groups is 1. The zero-order valence-corrected chi connectivity index (χ0v) is 15.6. The highest BCUT2D eigenvalue weighted by Gasteiger charge is 2.29. The van der Waals surface area contributed by atoms with Gasteiger partial charge in [-0.15, -0.1) is 0 Å². The van der Waals surface area contributed by atoms with Crippen molar-refractivity contribution in [2.45, 2.75) is 6.92 Å². The van der Waals surface area contributed by atoms with Crippen LogP contribution in [0.2, 0.25) is 5.02 Å². The van der Waals surface area contributed by atoms with Gasteiger partial charge in [0.1, 0.15) is 22.9 Å². The van der Waals surface area contributed by atoms with Crippen LogP contribution in [0.15, 0.2) is 33.7 Å². The molecule has 0 bridgehead atoms. The van der Waals surface area contributed by atoms with E-state index >= 15 is 0 Å². The van der Waals surface area contributed by atoms with Crippen LogP contribution in [0, 0.1) is 6.92 Å². The first kappa shape index (κ1) is 16.8. The van der Waals surface area contributed by atoms with E-state index in [1.807, 2.05) is 6.92 Å². The lowest BCUT2D eigenvalue weighted by molar-refractivity contribution is -0.110. The minimum Gasteiger partial charge on any atom is -0.497 e. The second-order valence-electron chi connectivity index (χ2n) is 5.17. The number of amides is 1. The topological polar surface area (TPSA) is 59.9 Å². The molecule has 0 fully saturated rings. The third-order valence-corrected chi connectivity index (χ3v) is 5.12. The van der Waals surface area contributed by atoms with Crippen LogP contribution in [0.3, 0.4) is 0 Å². The zero-order valence-electron chi connectivity index (χ0n) is 13.2. The summed E-state index contributed by atoms with van der Waals surface area (Å²) in [5, 5.41) is 3.39. The molecule has 5 nitrogen and oxygen atoms in total. The number of ether oxygens (including phenoxy) is 2. The Balaban J connectivity index is 2.15. The van der Waals surface area contributed by atoms with E-state index in [9.17, 15) is 4.79 Å². The predicted molar refractivity (Wildman–Crippen MR) is 98.3 cm³/mol. The zero-order chi connectivity index (χ0) is 17.4. The van der Waals surface area contributed by atoms with Crippen molar-refractivity contribution in [1.82, 2.24) is 0 Å². The summed E-state index contributed by atoms with van der Waals surface area (Å²) in [6.07, 6.45) is 0. The molecule has 24 heavy (non-hydrogen) atoms. The summed E-state index contributed by atoms with van der Waals surface area (Å²) < 4.78 is 11.2. The smallest absolute Gasteiger partial charge is 0.275 e. The highest BCUT2D eigenvalue weighted by molar-refractivity contribution is 9.10. The lowest BCUT2D eigenvalue weighted by Gasteiger charge is -2.08. The summed E-state index contributed by atoms with van der Waals surface area (Å²) in [6, 6.07) is 7.01. The number of carbonyl (C=O) groups is 1. The number of anilines is 1. The van der Waals surface area contributed by atoms with Gasteiger partial charge in [0.05, 0.1) is 24.9 Å². The summed E-state index contributed by atoms with van der Waals surface area (Å²) in [4.78, 5) is 16.9. The Morgan fingerprint density at radius 3 is 2.62 bits per heavy atom. The molecule has 0 saturated heterocycles. The van der Waals surface area contributed by atoms with Gasteiger partial charge in [-0.1, -0.05) is 11.6 Å². The van der Waals surface area contributed by atoms with Crippen molar-refractivity contribution in [3.05, 3.63) is 44.9 Å². The molecule has 2 aromatic carbocycles. The third kappa shape index (κ3) is 2.76. The highest BCUT2D eigenvalue weighted by atomic mass is 79.9. The van der Waals surface area contributed by atoms with Crippen LogP contribution in [0.1, 0.15) is 11.1 Å². The maximum atomic E-state index is 12.4. The third-order valence-electron chi connectivity index (χ3n) is 3.78. The van der Waals surface area contributed by atoms with Crippen molar-refractivity contribution >= 4 is 50.5 Å². The van der Waals surface area contributed by atoms with E-state index in [0.29, 0.717) is 43.6 Å². The van der Waals surface area contributed by atoms with Crippen LogP contribution in [0.25, 0.3) is 0 Å². The van der Waals surface area contributed by atoms with Gasteiger partial charge in [0.2, 0.25) is 0 Å². The van der Waals surface area contributed by atoms with Crippen molar-refractivity contribution in [3.8, 4) is 11.5 Å². The second-order valence-corrected chi connectivity index (χ2v) is 6.40. The first-order chi connectivity index (χ1) is 11.5. The maximum Gasteiger partial charge on any atom is 0.275 e. The fourth-order valence-corrected chi connectivity index (χ4v) is 3.18. The van der Waals surface area contributed by atoms with Crippen molar-refractivity contribution in [2.75, 3.05) is 19.5 Å². The molecule has 3 rings (SSSR count). The fraction of sp³-hybridized carbons (Fsp3) is 0.176. The van der Waals surface area contributed by atoms with Gasteiger partial charge in [-0.05, 0) is 46.6 Å². The number of fused-ring (bicyclic) bond motifs is 1. The van der Waals surface area contributed by atoms with Gasteiger partial charge in [0, 0.05) is 16.1 Å². The standard InChI is InChI=1S/C17H14BrClN2O3/c1-8-14(19)11(18)7-10-15(8)21-17(22)16(10)20-12-5-4-9(23-2)6-13(12)24-3/h4-7H,1-3H3,(H,20,21,22). The largest absolute Gasteiger partial charge is 0.497 e. The normalized spacial score (nSPS) is 14.5. The fourth-order valence-electron chi connectivity index (χ4n) is 2.50. The number of hydrogen-bond donors (Lipinski definition) is 1. The average molecular weight is 410 g/mol. The second kappa shape index (κ2) is 6.45. The van der Waals surface area contributed by atoms with E-state index in [1.165, 1.54) is 0 Å². The maximum absolute atomic E-state index is 12.4. The molecule has 7 heteroatoms. The van der Waals surface area contributed by atoms with Crippen molar-refractivity contribution < 1.29 is 14.3 Å². The first-order valence-electron chi connectivity index (χ1n) is 7.07. The monoisotopic (exact) mass is 408 g/mol. The van der Waals surface area contributed by atoms with Crippen LogP contribution in [-0.4, -0.2) is 25.8 Å². The van der Waals surface area contributed by atoms with Gasteiger partial charge >= 0.3 is 0 Å². The molecular weight excluding hydrogens is 396 g/mol. The van der Waals surface area contributed by atoms with Crippen LogP contribution in [0.5, 0.6) is 11.5 Å². The Labute approximate surface area is 152 Å². The molecule has 0 aromatic heterocycles. The van der Waals surface area contributed by atoms with Crippen LogP contribution in [-0.2, 0) is 4.79 Å². The van der Waals surface area contributed by atoms with Gasteiger partial charge in [-0.3, -0.25) is 4.79 Å². The molecule has 0 spiro atoms. The molecule has 0 radical (unpaired) electrons. The van der Waals surface area contributed by atoms with Crippen molar-refractivity contribution in [3.63, 3.8) is 0 Å². The molecule has 1 N–H and O–H groups in total. The summed E-state index contributed by atoms with van der Waals surface area (Å²) in [6.45, 7) is 1.85. The van der Waals surface area contributed by atoms with Crippen LogP contribution in [0.4, 0.5) is 11.4 Å². The molecule has 1 heterocycles. The van der Waals surface area contributed by atoms with Gasteiger partial charge in [-0.2, -0.15) is 0 Å². The quantitative estimate of drug-likeness (QED) is 0.812. The number of hydrogen-bond acceptors (Lipinski definition) is 4. The Kier molecular flexibility index (Phi) is 4.51. The number of nitrogens with zero attached hydrogens (tertiary/aromatic N) is 1. The molecule has 0 aliphatic carbocycles. The van der Waals surface area contributed by atoms with Gasteiger partial charge < -0.3 is 14.8 Å². The molecule has 2 aromatic rings. The Morgan fingerprint density at radius 1 is 1.21 bits per heavy atom. The van der Waals surface area contributed by atoms with Gasteiger partial charge in [0.25, 0.3) is 5.91 Å².